The zero-order valence-electron chi connectivity index (χ0n) is 11.3. The fourth-order valence-electron chi connectivity index (χ4n) is 1.66. The van der Waals surface area contributed by atoms with E-state index in [0.29, 0.717) is 6.42 Å². The summed E-state index contributed by atoms with van der Waals surface area (Å²) in [4.78, 5) is 11.2. The highest BCUT2D eigenvalue weighted by molar-refractivity contribution is 7.89. The van der Waals surface area contributed by atoms with Gasteiger partial charge in [-0.05, 0) is 12.5 Å². The molecule has 10 heteroatoms. The second-order valence-electron chi connectivity index (χ2n) is 4.27. The normalized spacial score (nSPS) is 11.9. The predicted octanol–water partition coefficient (Wildman–Crippen LogP) is 2.74. The van der Waals surface area contributed by atoms with Crippen molar-refractivity contribution in [2.45, 2.75) is 31.1 Å². The van der Waals surface area contributed by atoms with Gasteiger partial charge in [-0.2, -0.15) is 4.31 Å². The lowest BCUT2D eigenvalue weighted by Crippen LogP contribution is -2.40. The Balaban J connectivity index is 3.04. The van der Waals surface area contributed by atoms with Crippen LogP contribution in [0, 0.1) is 0 Å². The third-order valence-corrected chi connectivity index (χ3v) is 6.30. The maximum atomic E-state index is 12.5. The number of thiophene rings is 1. The summed E-state index contributed by atoms with van der Waals surface area (Å²) in [5.41, 5.74) is 1.43. The Morgan fingerprint density at radius 2 is 2.10 bits per heavy atom. The summed E-state index contributed by atoms with van der Waals surface area (Å²) in [7, 11) is -3.94. The van der Waals surface area contributed by atoms with Gasteiger partial charge in [-0.3, -0.25) is 10.0 Å². The van der Waals surface area contributed by atoms with Gasteiger partial charge >= 0.3 is 0 Å². The summed E-state index contributed by atoms with van der Waals surface area (Å²) < 4.78 is 26.4. The van der Waals surface area contributed by atoms with E-state index in [1.165, 1.54) is 11.5 Å². The number of nitrogens with zero attached hydrogens (tertiary/aromatic N) is 1. The third kappa shape index (κ3) is 5.08. The van der Waals surface area contributed by atoms with Crippen LogP contribution in [0.25, 0.3) is 0 Å². The van der Waals surface area contributed by atoms with Gasteiger partial charge < -0.3 is 0 Å². The zero-order valence-corrected chi connectivity index (χ0v) is 14.4. The number of amides is 1. The van der Waals surface area contributed by atoms with Crippen LogP contribution in [0.1, 0.15) is 26.2 Å². The molecule has 1 aromatic rings. The minimum absolute atomic E-state index is 0.0462. The van der Waals surface area contributed by atoms with Crippen molar-refractivity contribution in [1.29, 1.82) is 0 Å². The van der Waals surface area contributed by atoms with Gasteiger partial charge in [0.05, 0.1) is 10.9 Å². The molecule has 1 rings (SSSR count). The van der Waals surface area contributed by atoms with E-state index in [4.69, 9.17) is 28.4 Å². The fourth-order valence-corrected chi connectivity index (χ4v) is 5.21. The highest BCUT2D eigenvalue weighted by atomic mass is 35.5. The fraction of sp³-hybridized carbons (Fsp3) is 0.545. The summed E-state index contributed by atoms with van der Waals surface area (Å²) in [5, 5.41) is 8.58. The number of unbranched alkanes of at least 4 members (excludes halogenated alkanes) is 2. The lowest BCUT2D eigenvalue weighted by molar-refractivity contribution is -0.129. The van der Waals surface area contributed by atoms with E-state index >= 15 is 0 Å². The van der Waals surface area contributed by atoms with Crippen LogP contribution in [-0.4, -0.2) is 36.9 Å². The molecule has 0 spiro atoms. The maximum absolute atomic E-state index is 12.5. The average molecular weight is 375 g/mol. The lowest BCUT2D eigenvalue weighted by atomic mass is 10.2. The van der Waals surface area contributed by atoms with Crippen molar-refractivity contribution in [3.8, 4) is 0 Å². The van der Waals surface area contributed by atoms with Crippen molar-refractivity contribution in [3.05, 3.63) is 14.7 Å². The smallest absolute Gasteiger partial charge is 0.258 e. The van der Waals surface area contributed by atoms with E-state index < -0.39 is 22.5 Å². The summed E-state index contributed by atoms with van der Waals surface area (Å²) in [5.74, 6) is -0.812. The molecule has 0 aromatic carbocycles. The van der Waals surface area contributed by atoms with Crippen molar-refractivity contribution in [2.24, 2.45) is 0 Å². The number of sulfonamides is 1. The first-order valence-corrected chi connectivity index (χ1v) is 9.22. The highest BCUT2D eigenvalue weighted by Gasteiger charge is 2.29. The summed E-state index contributed by atoms with van der Waals surface area (Å²) >= 11 is 12.6. The Labute approximate surface area is 137 Å². The first-order chi connectivity index (χ1) is 9.82. The van der Waals surface area contributed by atoms with E-state index in [9.17, 15) is 13.2 Å². The molecule has 0 radical (unpaired) electrons. The number of hydrogen-bond donors (Lipinski definition) is 2. The van der Waals surface area contributed by atoms with E-state index in [1.807, 2.05) is 6.92 Å². The van der Waals surface area contributed by atoms with Gasteiger partial charge in [-0.15, -0.1) is 11.3 Å². The number of carbonyl (C=O) groups excluding carboxylic acids is 1. The molecule has 1 heterocycles. The number of halogens is 2. The molecule has 0 unspecified atom stereocenters. The van der Waals surface area contributed by atoms with E-state index in [-0.39, 0.29) is 20.1 Å². The van der Waals surface area contributed by atoms with Crippen LogP contribution >= 0.6 is 34.5 Å². The Kier molecular flexibility index (Phi) is 7.38. The number of hydroxylamine groups is 1. The molecule has 21 heavy (non-hydrogen) atoms. The molecule has 0 aliphatic carbocycles. The largest absolute Gasteiger partial charge is 0.289 e. The molecular formula is C11H16Cl2N2O4S2. The molecule has 0 saturated heterocycles. The first-order valence-electron chi connectivity index (χ1n) is 6.20. The summed E-state index contributed by atoms with van der Waals surface area (Å²) in [6.45, 7) is 1.66. The highest BCUT2D eigenvalue weighted by Crippen LogP contribution is 2.35. The number of carbonyl (C=O) groups is 1. The minimum atomic E-state index is -3.94. The molecule has 1 amide bonds. The maximum Gasteiger partial charge on any atom is 0.258 e. The Hall–Kier alpha value is -0.380. The summed E-state index contributed by atoms with van der Waals surface area (Å²) in [6, 6.07) is 1.26. The summed E-state index contributed by atoms with van der Waals surface area (Å²) in [6.07, 6.45) is 2.33. The Morgan fingerprint density at radius 1 is 1.43 bits per heavy atom. The van der Waals surface area contributed by atoms with Crippen LogP contribution in [0.5, 0.6) is 0 Å². The van der Waals surface area contributed by atoms with Crippen molar-refractivity contribution in [2.75, 3.05) is 13.1 Å². The molecule has 0 saturated carbocycles. The number of rotatable bonds is 8. The standard InChI is InChI=1S/C11H16Cl2N2O4S2/c1-2-3-4-5-15(7-10(16)14-17)21(18,19)8-6-9(12)20-11(8)13/h6,17H,2-5,7H2,1H3,(H,14,16). The van der Waals surface area contributed by atoms with Crippen LogP contribution in [0.2, 0.25) is 8.67 Å². The monoisotopic (exact) mass is 374 g/mol. The first kappa shape index (κ1) is 18.7. The quantitative estimate of drug-likeness (QED) is 0.416. The average Bonchev–Trinajstić information content (AvgIpc) is 2.77. The van der Waals surface area contributed by atoms with Gasteiger partial charge in [0.15, 0.2) is 0 Å². The van der Waals surface area contributed by atoms with Crippen LogP contribution < -0.4 is 5.48 Å². The molecule has 1 aromatic heterocycles. The molecule has 6 nitrogen and oxygen atoms in total. The van der Waals surface area contributed by atoms with Gasteiger partial charge in [0.1, 0.15) is 9.23 Å². The minimum Gasteiger partial charge on any atom is -0.289 e. The SMILES string of the molecule is CCCCCN(CC(=O)NO)S(=O)(=O)c1cc(Cl)sc1Cl. The molecule has 0 aliphatic rings. The molecule has 0 atom stereocenters. The van der Waals surface area contributed by atoms with E-state index in [0.717, 1.165) is 28.5 Å². The molecule has 120 valence electrons. The molecule has 0 aliphatic heterocycles. The van der Waals surface area contributed by atoms with Gasteiger partial charge in [0.2, 0.25) is 10.0 Å². The van der Waals surface area contributed by atoms with Crippen LogP contribution in [0.4, 0.5) is 0 Å². The van der Waals surface area contributed by atoms with Gasteiger partial charge in [0.25, 0.3) is 5.91 Å². The topological polar surface area (TPSA) is 86.7 Å². The third-order valence-electron chi connectivity index (χ3n) is 2.70. The molecule has 0 fully saturated rings. The molecule has 2 N–H and O–H groups in total. The number of hydrogen-bond acceptors (Lipinski definition) is 5. The Bertz CT molecular complexity index is 589. The number of nitrogens with one attached hydrogen (secondary N) is 1. The van der Waals surface area contributed by atoms with E-state index in [1.54, 1.807) is 0 Å². The van der Waals surface area contributed by atoms with Crippen molar-refractivity contribution in [1.82, 2.24) is 9.79 Å². The van der Waals surface area contributed by atoms with Crippen LogP contribution in [0.3, 0.4) is 0 Å². The van der Waals surface area contributed by atoms with Crippen LogP contribution in [-0.2, 0) is 14.8 Å². The van der Waals surface area contributed by atoms with Gasteiger partial charge in [0, 0.05) is 6.54 Å². The van der Waals surface area contributed by atoms with Crippen molar-refractivity contribution >= 4 is 50.5 Å². The molecule has 0 bridgehead atoms. The predicted molar refractivity (Wildman–Crippen MR) is 82.6 cm³/mol. The van der Waals surface area contributed by atoms with Gasteiger partial charge in [-0.1, -0.05) is 43.0 Å². The van der Waals surface area contributed by atoms with E-state index in [2.05, 4.69) is 0 Å². The van der Waals surface area contributed by atoms with Crippen molar-refractivity contribution < 1.29 is 18.4 Å². The van der Waals surface area contributed by atoms with Gasteiger partial charge in [-0.25, -0.2) is 13.9 Å². The Morgan fingerprint density at radius 3 is 2.57 bits per heavy atom. The second-order valence-corrected chi connectivity index (χ2v) is 8.46. The van der Waals surface area contributed by atoms with Crippen molar-refractivity contribution in [3.63, 3.8) is 0 Å². The lowest BCUT2D eigenvalue weighted by Gasteiger charge is -2.20. The molecular weight excluding hydrogens is 359 g/mol. The van der Waals surface area contributed by atoms with Crippen LogP contribution in [0.15, 0.2) is 11.0 Å². The second kappa shape index (κ2) is 8.30. The zero-order chi connectivity index (χ0) is 16.0.